The van der Waals surface area contributed by atoms with Crippen LogP contribution in [0.4, 0.5) is 0 Å². The van der Waals surface area contributed by atoms with Crippen LogP contribution in [0, 0.1) is 0 Å². The van der Waals surface area contributed by atoms with E-state index in [9.17, 15) is 9.90 Å². The quantitative estimate of drug-likeness (QED) is 0.779. The van der Waals surface area contributed by atoms with E-state index in [1.807, 2.05) is 18.2 Å². The van der Waals surface area contributed by atoms with Gasteiger partial charge in [-0.25, -0.2) is 4.79 Å². The van der Waals surface area contributed by atoms with Crippen LogP contribution in [0.3, 0.4) is 0 Å². The van der Waals surface area contributed by atoms with Crippen LogP contribution in [0.5, 0.6) is 11.6 Å². The van der Waals surface area contributed by atoms with Crippen LogP contribution < -0.4 is 10.4 Å². The molecule has 0 unspecified atom stereocenters. The summed E-state index contributed by atoms with van der Waals surface area (Å²) in [7, 11) is 1.51. The van der Waals surface area contributed by atoms with Gasteiger partial charge < -0.3 is 9.84 Å². The van der Waals surface area contributed by atoms with E-state index in [1.54, 1.807) is 30.3 Å². The fraction of sp³-hybridized carbons (Fsp3) is 0.0625. The first-order valence-electron chi connectivity index (χ1n) is 6.55. The van der Waals surface area contributed by atoms with Crippen molar-refractivity contribution in [1.82, 2.24) is 9.55 Å². The second kappa shape index (κ2) is 5.61. The third-order valence-corrected chi connectivity index (χ3v) is 3.54. The molecule has 3 aromatic rings. The third kappa shape index (κ3) is 2.35. The average Bonchev–Trinajstić information content (AvgIpc) is 2.82. The predicted octanol–water partition coefficient (Wildman–Crippen LogP) is 3.20. The Balaban J connectivity index is 2.34. The fourth-order valence-corrected chi connectivity index (χ4v) is 2.52. The van der Waals surface area contributed by atoms with E-state index in [0.717, 1.165) is 0 Å². The minimum absolute atomic E-state index is 0.210. The molecule has 0 aliphatic carbocycles. The number of hydrogen-bond acceptors (Lipinski definition) is 3. The van der Waals surface area contributed by atoms with Gasteiger partial charge in [-0.2, -0.15) is 0 Å². The number of aromatic amines is 1. The molecule has 3 rings (SSSR count). The lowest BCUT2D eigenvalue weighted by molar-refractivity contribution is 0.412. The van der Waals surface area contributed by atoms with Crippen molar-refractivity contribution in [3.8, 4) is 28.6 Å². The molecule has 2 aromatic carbocycles. The summed E-state index contributed by atoms with van der Waals surface area (Å²) >= 11 is 6.04. The van der Waals surface area contributed by atoms with E-state index in [-0.39, 0.29) is 5.88 Å². The van der Waals surface area contributed by atoms with Gasteiger partial charge in [0.25, 0.3) is 0 Å². The van der Waals surface area contributed by atoms with Gasteiger partial charge in [0.1, 0.15) is 11.4 Å². The minimum atomic E-state index is -0.475. The molecule has 0 aliphatic heterocycles. The molecule has 22 heavy (non-hydrogen) atoms. The number of nitrogens with one attached hydrogen (secondary N) is 1. The highest BCUT2D eigenvalue weighted by Crippen LogP contribution is 2.33. The Bertz CT molecular complexity index is 869. The van der Waals surface area contributed by atoms with Crippen LogP contribution in [-0.4, -0.2) is 21.8 Å². The lowest BCUT2D eigenvalue weighted by Gasteiger charge is -2.12. The number of aromatic nitrogens is 2. The zero-order valence-electron chi connectivity index (χ0n) is 11.7. The Labute approximate surface area is 131 Å². The van der Waals surface area contributed by atoms with Crippen molar-refractivity contribution >= 4 is 11.6 Å². The number of methoxy groups -OCH3 is 1. The molecule has 5 nitrogen and oxygen atoms in total. The van der Waals surface area contributed by atoms with E-state index >= 15 is 0 Å². The molecule has 0 bridgehead atoms. The molecule has 0 amide bonds. The topological polar surface area (TPSA) is 67.2 Å². The lowest BCUT2D eigenvalue weighted by atomic mass is 10.1. The van der Waals surface area contributed by atoms with Crippen molar-refractivity contribution in [2.24, 2.45) is 0 Å². The summed E-state index contributed by atoms with van der Waals surface area (Å²) in [5.74, 6) is 0.265. The molecule has 1 heterocycles. The number of aromatic hydroxyl groups is 1. The Morgan fingerprint density at radius 3 is 2.59 bits per heavy atom. The number of rotatable bonds is 3. The highest BCUT2D eigenvalue weighted by atomic mass is 35.5. The van der Waals surface area contributed by atoms with Gasteiger partial charge in [-0.3, -0.25) is 9.55 Å². The Morgan fingerprint density at radius 2 is 1.91 bits per heavy atom. The molecule has 1 aromatic heterocycles. The minimum Gasteiger partial charge on any atom is -0.495 e. The van der Waals surface area contributed by atoms with Crippen molar-refractivity contribution < 1.29 is 9.84 Å². The van der Waals surface area contributed by atoms with Crippen LogP contribution in [-0.2, 0) is 0 Å². The standard InChI is InChI=1S/C16H13ClN2O3/c1-22-13-8-7-11(17)9-12(13)19-14(15(20)18-16(19)21)10-5-3-2-4-6-10/h2-9,20H,1H3,(H,18,21). The fourth-order valence-electron chi connectivity index (χ4n) is 2.35. The van der Waals surface area contributed by atoms with E-state index in [4.69, 9.17) is 16.3 Å². The largest absolute Gasteiger partial charge is 0.495 e. The molecule has 6 heteroatoms. The Morgan fingerprint density at radius 1 is 1.18 bits per heavy atom. The van der Waals surface area contributed by atoms with Gasteiger partial charge in [0.05, 0.1) is 12.8 Å². The van der Waals surface area contributed by atoms with E-state index in [0.29, 0.717) is 27.7 Å². The van der Waals surface area contributed by atoms with Gasteiger partial charge in [0.15, 0.2) is 0 Å². The number of ether oxygens (including phenoxy) is 1. The first-order valence-corrected chi connectivity index (χ1v) is 6.93. The maximum Gasteiger partial charge on any atom is 0.333 e. The number of nitrogens with zero attached hydrogens (tertiary/aromatic N) is 1. The summed E-state index contributed by atoms with van der Waals surface area (Å²) in [6.45, 7) is 0. The molecular formula is C16H13ClN2O3. The monoisotopic (exact) mass is 316 g/mol. The van der Waals surface area contributed by atoms with E-state index in [2.05, 4.69) is 4.98 Å². The number of H-pyrrole nitrogens is 1. The Kier molecular flexibility index (Phi) is 3.65. The molecule has 2 N–H and O–H groups in total. The molecule has 112 valence electrons. The van der Waals surface area contributed by atoms with Gasteiger partial charge in [-0.15, -0.1) is 0 Å². The van der Waals surface area contributed by atoms with Crippen molar-refractivity contribution in [1.29, 1.82) is 0 Å². The van der Waals surface area contributed by atoms with Crippen LogP contribution in [0.25, 0.3) is 16.9 Å². The average molecular weight is 317 g/mol. The molecule has 0 saturated carbocycles. The van der Waals surface area contributed by atoms with Gasteiger partial charge in [0.2, 0.25) is 5.88 Å². The molecule has 0 fully saturated rings. The first-order chi connectivity index (χ1) is 10.6. The maximum absolute atomic E-state index is 12.3. The van der Waals surface area contributed by atoms with Crippen molar-refractivity contribution in [2.45, 2.75) is 0 Å². The van der Waals surface area contributed by atoms with Gasteiger partial charge in [0, 0.05) is 10.6 Å². The SMILES string of the molecule is COc1ccc(Cl)cc1-n1c(-c2ccccc2)c(O)[nH]c1=O. The summed E-state index contributed by atoms with van der Waals surface area (Å²) in [6.07, 6.45) is 0. The second-order valence-electron chi connectivity index (χ2n) is 4.64. The van der Waals surface area contributed by atoms with Crippen molar-refractivity contribution in [3.05, 3.63) is 64.0 Å². The number of hydrogen-bond donors (Lipinski definition) is 2. The smallest absolute Gasteiger partial charge is 0.333 e. The highest BCUT2D eigenvalue weighted by Gasteiger charge is 2.19. The van der Waals surface area contributed by atoms with Gasteiger partial charge in [-0.05, 0) is 18.2 Å². The lowest BCUT2D eigenvalue weighted by Crippen LogP contribution is -2.16. The number of halogens is 1. The van der Waals surface area contributed by atoms with Crippen LogP contribution in [0.1, 0.15) is 0 Å². The second-order valence-corrected chi connectivity index (χ2v) is 5.08. The molecular weight excluding hydrogens is 304 g/mol. The highest BCUT2D eigenvalue weighted by molar-refractivity contribution is 6.30. The Hall–Kier alpha value is -2.66. The summed E-state index contributed by atoms with van der Waals surface area (Å²) in [5, 5.41) is 10.6. The normalized spacial score (nSPS) is 10.6. The first kappa shape index (κ1) is 14.3. The summed E-state index contributed by atoms with van der Waals surface area (Å²) < 4.78 is 6.64. The van der Waals surface area contributed by atoms with Crippen LogP contribution in [0.2, 0.25) is 5.02 Å². The van der Waals surface area contributed by atoms with E-state index in [1.165, 1.54) is 11.7 Å². The molecule has 0 aliphatic rings. The zero-order valence-corrected chi connectivity index (χ0v) is 12.5. The summed E-state index contributed by atoms with van der Waals surface area (Å²) in [4.78, 5) is 14.7. The molecule has 0 spiro atoms. The van der Waals surface area contributed by atoms with Crippen LogP contribution in [0.15, 0.2) is 53.3 Å². The van der Waals surface area contributed by atoms with E-state index < -0.39 is 5.69 Å². The third-order valence-electron chi connectivity index (χ3n) is 3.31. The number of benzene rings is 2. The van der Waals surface area contributed by atoms with Gasteiger partial charge in [-0.1, -0.05) is 41.9 Å². The van der Waals surface area contributed by atoms with Gasteiger partial charge >= 0.3 is 5.69 Å². The predicted molar refractivity (Wildman–Crippen MR) is 85.1 cm³/mol. The summed E-state index contributed by atoms with van der Waals surface area (Å²) in [5.41, 5.74) is 1.03. The van der Waals surface area contributed by atoms with Crippen molar-refractivity contribution in [2.75, 3.05) is 7.11 Å². The van der Waals surface area contributed by atoms with Crippen LogP contribution >= 0.6 is 11.6 Å². The zero-order chi connectivity index (χ0) is 15.7. The maximum atomic E-state index is 12.3. The van der Waals surface area contributed by atoms with Crippen molar-refractivity contribution in [3.63, 3.8) is 0 Å². The molecule has 0 atom stereocenters. The summed E-state index contributed by atoms with van der Waals surface area (Å²) in [6, 6.07) is 14.1. The molecule has 0 saturated heterocycles. The molecule has 0 radical (unpaired) electrons. The number of imidazole rings is 1.